The molecule has 0 aliphatic heterocycles. The molecular formula is C18H21FN2O3S. The standard InChI is InChI=1S/C18H21FN2O3S/c1-13(15-6-8-16(19)9-7-15)20-18(22)12-14-4-10-17(11-5-14)21(2)25(3,23)24/h4-11,13H,12H2,1-3H3,(H,20,22)/t13-/m0/s1. The molecule has 2 aromatic carbocycles. The van der Waals surface area contributed by atoms with Crippen LogP contribution in [0.25, 0.3) is 0 Å². The Morgan fingerprint density at radius 3 is 2.20 bits per heavy atom. The maximum atomic E-state index is 12.9. The lowest BCUT2D eigenvalue weighted by atomic mass is 10.1. The fraction of sp³-hybridized carbons (Fsp3) is 0.278. The van der Waals surface area contributed by atoms with Crippen molar-refractivity contribution in [1.29, 1.82) is 0 Å². The molecule has 1 amide bonds. The van der Waals surface area contributed by atoms with Crippen LogP contribution >= 0.6 is 0 Å². The molecule has 1 N–H and O–H groups in total. The van der Waals surface area contributed by atoms with Crippen LogP contribution in [-0.4, -0.2) is 27.6 Å². The second kappa shape index (κ2) is 7.65. The predicted molar refractivity (Wildman–Crippen MR) is 96.4 cm³/mol. The highest BCUT2D eigenvalue weighted by molar-refractivity contribution is 7.92. The third-order valence-corrected chi connectivity index (χ3v) is 5.12. The Hall–Kier alpha value is -2.41. The van der Waals surface area contributed by atoms with Gasteiger partial charge in [-0.15, -0.1) is 0 Å². The summed E-state index contributed by atoms with van der Waals surface area (Å²) in [6.07, 6.45) is 1.31. The number of amides is 1. The summed E-state index contributed by atoms with van der Waals surface area (Å²) in [4.78, 5) is 12.1. The number of nitrogens with zero attached hydrogens (tertiary/aromatic N) is 1. The molecule has 0 aromatic heterocycles. The second-order valence-electron chi connectivity index (χ2n) is 5.91. The molecule has 0 fully saturated rings. The van der Waals surface area contributed by atoms with Gasteiger partial charge in [0.1, 0.15) is 5.82 Å². The summed E-state index contributed by atoms with van der Waals surface area (Å²) in [5.74, 6) is -0.484. The Morgan fingerprint density at radius 1 is 1.12 bits per heavy atom. The first-order chi connectivity index (χ1) is 11.7. The van der Waals surface area contributed by atoms with Gasteiger partial charge in [-0.25, -0.2) is 12.8 Å². The topological polar surface area (TPSA) is 66.5 Å². The maximum absolute atomic E-state index is 12.9. The van der Waals surface area contributed by atoms with Gasteiger partial charge < -0.3 is 5.32 Å². The van der Waals surface area contributed by atoms with E-state index in [1.54, 1.807) is 36.4 Å². The van der Waals surface area contributed by atoms with Gasteiger partial charge in [0.2, 0.25) is 15.9 Å². The van der Waals surface area contributed by atoms with Crippen LogP contribution in [0.1, 0.15) is 24.1 Å². The second-order valence-corrected chi connectivity index (χ2v) is 7.93. The van der Waals surface area contributed by atoms with Gasteiger partial charge in [0, 0.05) is 7.05 Å². The number of nitrogens with one attached hydrogen (secondary N) is 1. The Morgan fingerprint density at radius 2 is 1.68 bits per heavy atom. The van der Waals surface area contributed by atoms with Crippen LogP contribution in [0.2, 0.25) is 0 Å². The summed E-state index contributed by atoms with van der Waals surface area (Å²) in [6.45, 7) is 1.83. The minimum atomic E-state index is -3.31. The zero-order chi connectivity index (χ0) is 18.6. The summed E-state index contributed by atoms with van der Waals surface area (Å²) >= 11 is 0. The first kappa shape index (κ1) is 18.9. The zero-order valence-corrected chi connectivity index (χ0v) is 15.2. The summed E-state index contributed by atoms with van der Waals surface area (Å²) in [7, 11) is -1.84. The SMILES string of the molecule is C[C@H](NC(=O)Cc1ccc(N(C)S(C)(=O)=O)cc1)c1ccc(F)cc1. The van der Waals surface area contributed by atoms with E-state index in [4.69, 9.17) is 0 Å². The van der Waals surface area contributed by atoms with Gasteiger partial charge in [-0.3, -0.25) is 9.10 Å². The molecule has 2 rings (SSSR count). The van der Waals surface area contributed by atoms with E-state index in [1.165, 1.54) is 23.5 Å². The first-order valence-corrected chi connectivity index (χ1v) is 9.59. The Bertz CT molecular complexity index is 834. The number of carbonyl (C=O) groups is 1. The van der Waals surface area contributed by atoms with Crippen LogP contribution in [0.5, 0.6) is 0 Å². The number of carbonyl (C=O) groups excluding carboxylic acids is 1. The van der Waals surface area contributed by atoms with E-state index >= 15 is 0 Å². The normalized spacial score (nSPS) is 12.5. The summed E-state index contributed by atoms with van der Waals surface area (Å²) in [6, 6.07) is 12.5. The van der Waals surface area contributed by atoms with Crippen molar-refractivity contribution in [3.63, 3.8) is 0 Å². The lowest BCUT2D eigenvalue weighted by Crippen LogP contribution is -2.28. The van der Waals surface area contributed by atoms with Crippen LogP contribution in [-0.2, 0) is 21.2 Å². The first-order valence-electron chi connectivity index (χ1n) is 7.74. The number of hydrogen-bond donors (Lipinski definition) is 1. The third-order valence-electron chi connectivity index (χ3n) is 3.91. The van der Waals surface area contributed by atoms with E-state index in [1.807, 2.05) is 6.92 Å². The number of anilines is 1. The van der Waals surface area contributed by atoms with Crippen LogP contribution in [0.15, 0.2) is 48.5 Å². The van der Waals surface area contributed by atoms with E-state index in [0.717, 1.165) is 17.4 Å². The largest absolute Gasteiger partial charge is 0.349 e. The number of halogens is 1. The Labute approximate surface area is 147 Å². The van der Waals surface area contributed by atoms with Gasteiger partial charge >= 0.3 is 0 Å². The van der Waals surface area contributed by atoms with E-state index in [0.29, 0.717) is 5.69 Å². The smallest absolute Gasteiger partial charge is 0.231 e. The van der Waals surface area contributed by atoms with Gasteiger partial charge in [0.15, 0.2) is 0 Å². The minimum absolute atomic E-state index is 0.166. The van der Waals surface area contributed by atoms with Crippen molar-refractivity contribution in [2.24, 2.45) is 0 Å². The minimum Gasteiger partial charge on any atom is -0.349 e. The van der Waals surface area contributed by atoms with Crippen molar-refractivity contribution in [1.82, 2.24) is 5.32 Å². The molecule has 134 valence electrons. The molecule has 1 atom stereocenters. The average molecular weight is 364 g/mol. The van der Waals surface area contributed by atoms with E-state index in [-0.39, 0.29) is 24.2 Å². The molecule has 0 radical (unpaired) electrons. The fourth-order valence-electron chi connectivity index (χ4n) is 2.33. The third kappa shape index (κ3) is 5.29. The molecule has 7 heteroatoms. The monoisotopic (exact) mass is 364 g/mol. The van der Waals surface area contributed by atoms with Crippen LogP contribution in [0, 0.1) is 5.82 Å². The number of rotatable bonds is 6. The van der Waals surface area contributed by atoms with E-state index in [9.17, 15) is 17.6 Å². The van der Waals surface area contributed by atoms with Gasteiger partial charge in [0.25, 0.3) is 0 Å². The molecule has 2 aromatic rings. The molecule has 0 saturated carbocycles. The van der Waals surface area contributed by atoms with Crippen molar-refractivity contribution in [3.8, 4) is 0 Å². The molecule has 0 bridgehead atoms. The molecule has 25 heavy (non-hydrogen) atoms. The molecule has 0 heterocycles. The Kier molecular flexibility index (Phi) is 5.79. The van der Waals surface area contributed by atoms with Crippen molar-refractivity contribution in [2.75, 3.05) is 17.6 Å². The van der Waals surface area contributed by atoms with Crippen molar-refractivity contribution in [3.05, 3.63) is 65.5 Å². The molecule has 0 aliphatic carbocycles. The quantitative estimate of drug-likeness (QED) is 0.857. The Balaban J connectivity index is 1.97. The van der Waals surface area contributed by atoms with Crippen molar-refractivity contribution >= 4 is 21.6 Å². The van der Waals surface area contributed by atoms with Gasteiger partial charge in [0.05, 0.1) is 24.4 Å². The molecule has 0 spiro atoms. The maximum Gasteiger partial charge on any atom is 0.231 e. The number of hydrogen-bond acceptors (Lipinski definition) is 3. The predicted octanol–water partition coefficient (Wildman–Crippen LogP) is 2.64. The average Bonchev–Trinajstić information content (AvgIpc) is 2.54. The van der Waals surface area contributed by atoms with Crippen LogP contribution < -0.4 is 9.62 Å². The van der Waals surface area contributed by atoms with Gasteiger partial charge in [-0.1, -0.05) is 24.3 Å². The molecule has 0 aliphatic rings. The fourth-order valence-corrected chi connectivity index (χ4v) is 2.83. The van der Waals surface area contributed by atoms with Crippen molar-refractivity contribution in [2.45, 2.75) is 19.4 Å². The highest BCUT2D eigenvalue weighted by atomic mass is 32.2. The zero-order valence-electron chi connectivity index (χ0n) is 14.4. The lowest BCUT2D eigenvalue weighted by Gasteiger charge is -2.17. The summed E-state index contributed by atoms with van der Waals surface area (Å²) < 4.78 is 37.1. The molecule has 0 unspecified atom stereocenters. The number of sulfonamides is 1. The number of benzene rings is 2. The van der Waals surface area contributed by atoms with Crippen molar-refractivity contribution < 1.29 is 17.6 Å². The molecule has 5 nitrogen and oxygen atoms in total. The highest BCUT2D eigenvalue weighted by Gasteiger charge is 2.13. The lowest BCUT2D eigenvalue weighted by molar-refractivity contribution is -0.121. The summed E-state index contributed by atoms with van der Waals surface area (Å²) in [5, 5.41) is 2.86. The van der Waals surface area contributed by atoms with Crippen LogP contribution in [0.4, 0.5) is 10.1 Å². The highest BCUT2D eigenvalue weighted by Crippen LogP contribution is 2.17. The van der Waals surface area contributed by atoms with E-state index in [2.05, 4.69) is 5.32 Å². The van der Waals surface area contributed by atoms with E-state index < -0.39 is 10.0 Å². The van der Waals surface area contributed by atoms with Crippen LogP contribution in [0.3, 0.4) is 0 Å². The van der Waals surface area contributed by atoms with Gasteiger partial charge in [-0.2, -0.15) is 0 Å². The molecular weight excluding hydrogens is 343 g/mol. The summed E-state index contributed by atoms with van der Waals surface area (Å²) in [5.41, 5.74) is 2.13. The molecule has 0 saturated heterocycles. The van der Waals surface area contributed by atoms with Gasteiger partial charge in [-0.05, 0) is 42.3 Å².